The van der Waals surface area contributed by atoms with Gasteiger partial charge in [-0.2, -0.15) is 0 Å². The Kier molecular flexibility index (Phi) is 8.61. The van der Waals surface area contributed by atoms with Crippen molar-refractivity contribution in [3.63, 3.8) is 0 Å². The first-order chi connectivity index (χ1) is 16.6. The van der Waals surface area contributed by atoms with Crippen LogP contribution in [0.4, 0.5) is 5.69 Å². The normalized spacial score (nSPS) is 13.7. The number of ether oxygens (including phenoxy) is 2. The van der Waals surface area contributed by atoms with E-state index < -0.39 is 28.5 Å². The van der Waals surface area contributed by atoms with E-state index in [9.17, 15) is 18.0 Å². The van der Waals surface area contributed by atoms with Gasteiger partial charge in [-0.25, -0.2) is 8.42 Å². The number of benzene rings is 2. The van der Waals surface area contributed by atoms with Crippen molar-refractivity contribution in [1.29, 1.82) is 0 Å². The second kappa shape index (κ2) is 11.4. The van der Waals surface area contributed by atoms with Gasteiger partial charge in [0.05, 0.1) is 11.9 Å². The van der Waals surface area contributed by atoms with Crippen molar-refractivity contribution in [2.45, 2.75) is 45.8 Å². The lowest BCUT2D eigenvalue weighted by atomic mass is 10.1. The molecule has 2 aromatic rings. The molecule has 0 saturated carbocycles. The SMILES string of the molecule is CC[C@@H](C(=O)NC(C)C)N(Cc1ccccc1)C(=O)CN(c1ccc2c(c1)OCCO2)S(C)(=O)=O. The van der Waals surface area contributed by atoms with Crippen molar-refractivity contribution in [1.82, 2.24) is 10.2 Å². The summed E-state index contributed by atoms with van der Waals surface area (Å²) in [6.45, 7) is 5.99. The molecule has 0 radical (unpaired) electrons. The lowest BCUT2D eigenvalue weighted by Crippen LogP contribution is -2.53. The summed E-state index contributed by atoms with van der Waals surface area (Å²) in [6, 6.07) is 13.2. The van der Waals surface area contributed by atoms with E-state index in [1.165, 1.54) is 4.90 Å². The fourth-order valence-corrected chi connectivity index (χ4v) is 4.72. The third-order valence-electron chi connectivity index (χ3n) is 5.51. The highest BCUT2D eigenvalue weighted by atomic mass is 32.2. The van der Waals surface area contributed by atoms with Crippen molar-refractivity contribution in [2.24, 2.45) is 0 Å². The lowest BCUT2D eigenvalue weighted by Gasteiger charge is -2.33. The molecule has 1 heterocycles. The molecule has 190 valence electrons. The van der Waals surface area contributed by atoms with E-state index in [1.807, 2.05) is 51.1 Å². The van der Waals surface area contributed by atoms with Crippen LogP contribution in [0.3, 0.4) is 0 Å². The van der Waals surface area contributed by atoms with E-state index in [2.05, 4.69) is 5.32 Å². The van der Waals surface area contributed by atoms with E-state index in [0.717, 1.165) is 16.1 Å². The minimum Gasteiger partial charge on any atom is -0.486 e. The third-order valence-corrected chi connectivity index (χ3v) is 6.65. The zero-order valence-electron chi connectivity index (χ0n) is 20.6. The largest absolute Gasteiger partial charge is 0.486 e. The monoisotopic (exact) mass is 503 g/mol. The number of nitrogens with zero attached hydrogens (tertiary/aromatic N) is 2. The van der Waals surface area contributed by atoms with Crippen LogP contribution in [0, 0.1) is 0 Å². The highest BCUT2D eigenvalue weighted by molar-refractivity contribution is 7.92. The van der Waals surface area contributed by atoms with Crippen LogP contribution in [-0.2, 0) is 26.2 Å². The summed E-state index contributed by atoms with van der Waals surface area (Å²) in [5, 5.41) is 2.87. The Balaban J connectivity index is 1.94. The number of amides is 2. The molecule has 1 atom stereocenters. The van der Waals surface area contributed by atoms with E-state index in [4.69, 9.17) is 9.47 Å². The van der Waals surface area contributed by atoms with Gasteiger partial charge < -0.3 is 19.7 Å². The summed E-state index contributed by atoms with van der Waals surface area (Å²) in [7, 11) is -3.83. The quantitative estimate of drug-likeness (QED) is 0.534. The van der Waals surface area contributed by atoms with Gasteiger partial charge in [-0.1, -0.05) is 37.3 Å². The van der Waals surface area contributed by atoms with E-state index in [0.29, 0.717) is 31.1 Å². The van der Waals surface area contributed by atoms with E-state index in [-0.39, 0.29) is 24.2 Å². The van der Waals surface area contributed by atoms with Gasteiger partial charge in [-0.15, -0.1) is 0 Å². The molecule has 1 N–H and O–H groups in total. The second-order valence-electron chi connectivity index (χ2n) is 8.69. The first-order valence-electron chi connectivity index (χ1n) is 11.6. The van der Waals surface area contributed by atoms with Crippen LogP contribution in [0.5, 0.6) is 11.5 Å². The van der Waals surface area contributed by atoms with Crippen molar-refractivity contribution in [3.8, 4) is 11.5 Å². The maximum Gasteiger partial charge on any atom is 0.244 e. The molecule has 0 unspecified atom stereocenters. The lowest BCUT2D eigenvalue weighted by molar-refractivity contribution is -0.140. The van der Waals surface area contributed by atoms with Crippen LogP contribution in [-0.4, -0.2) is 63.2 Å². The maximum absolute atomic E-state index is 13.6. The van der Waals surface area contributed by atoms with Gasteiger partial charge in [0, 0.05) is 18.7 Å². The smallest absolute Gasteiger partial charge is 0.244 e. The molecule has 3 rings (SSSR count). The van der Waals surface area contributed by atoms with Gasteiger partial charge in [-0.05, 0) is 38.0 Å². The Hall–Kier alpha value is -3.27. The summed E-state index contributed by atoms with van der Waals surface area (Å²) in [5.74, 6) is 0.164. The molecule has 0 saturated heterocycles. The highest BCUT2D eigenvalue weighted by Gasteiger charge is 2.32. The number of sulfonamides is 1. The van der Waals surface area contributed by atoms with Crippen LogP contribution < -0.4 is 19.1 Å². The molecule has 0 fully saturated rings. The zero-order chi connectivity index (χ0) is 25.6. The van der Waals surface area contributed by atoms with Crippen LogP contribution in [0.15, 0.2) is 48.5 Å². The first kappa shape index (κ1) is 26.3. The van der Waals surface area contributed by atoms with E-state index in [1.54, 1.807) is 18.2 Å². The van der Waals surface area contributed by atoms with Crippen LogP contribution >= 0.6 is 0 Å². The number of carbonyl (C=O) groups excluding carboxylic acids is 2. The predicted molar refractivity (Wildman–Crippen MR) is 134 cm³/mol. The van der Waals surface area contributed by atoms with Crippen LogP contribution in [0.1, 0.15) is 32.8 Å². The minimum atomic E-state index is -3.83. The van der Waals surface area contributed by atoms with Gasteiger partial charge in [0.2, 0.25) is 21.8 Å². The molecule has 1 aliphatic rings. The predicted octanol–water partition coefficient (Wildman–Crippen LogP) is 2.56. The molecule has 9 nitrogen and oxygen atoms in total. The fourth-order valence-electron chi connectivity index (χ4n) is 3.88. The number of carbonyl (C=O) groups is 2. The molecule has 0 aromatic heterocycles. The Morgan fingerprint density at radius 3 is 2.29 bits per heavy atom. The third kappa shape index (κ3) is 6.88. The van der Waals surface area contributed by atoms with Crippen molar-refractivity contribution in [2.75, 3.05) is 30.3 Å². The van der Waals surface area contributed by atoms with Gasteiger partial charge in [0.15, 0.2) is 11.5 Å². The van der Waals surface area contributed by atoms with Crippen molar-refractivity contribution < 1.29 is 27.5 Å². The number of fused-ring (bicyclic) bond motifs is 1. The molecule has 0 bridgehead atoms. The molecule has 1 aliphatic heterocycles. The molecule has 2 amide bonds. The molecule has 2 aromatic carbocycles. The Morgan fingerprint density at radius 2 is 1.69 bits per heavy atom. The van der Waals surface area contributed by atoms with Gasteiger partial charge >= 0.3 is 0 Å². The molecule has 35 heavy (non-hydrogen) atoms. The number of rotatable bonds is 10. The van der Waals surface area contributed by atoms with Crippen molar-refractivity contribution >= 4 is 27.5 Å². The Labute approximate surface area is 207 Å². The topological polar surface area (TPSA) is 105 Å². The molecule has 0 spiro atoms. The average molecular weight is 504 g/mol. The molecular weight excluding hydrogens is 470 g/mol. The summed E-state index contributed by atoms with van der Waals surface area (Å²) < 4.78 is 37.6. The van der Waals surface area contributed by atoms with Gasteiger partial charge in [0.1, 0.15) is 25.8 Å². The fraction of sp³-hybridized carbons (Fsp3) is 0.440. The van der Waals surface area contributed by atoms with Crippen LogP contribution in [0.2, 0.25) is 0 Å². The number of nitrogens with one attached hydrogen (secondary N) is 1. The number of hydrogen-bond acceptors (Lipinski definition) is 6. The maximum atomic E-state index is 13.6. The Bertz CT molecular complexity index is 1140. The average Bonchev–Trinajstić information content (AvgIpc) is 2.81. The van der Waals surface area contributed by atoms with E-state index >= 15 is 0 Å². The minimum absolute atomic E-state index is 0.101. The molecule has 0 aliphatic carbocycles. The Morgan fingerprint density at radius 1 is 1.03 bits per heavy atom. The summed E-state index contributed by atoms with van der Waals surface area (Å²) in [4.78, 5) is 28.1. The highest BCUT2D eigenvalue weighted by Crippen LogP contribution is 2.34. The second-order valence-corrected chi connectivity index (χ2v) is 10.6. The molecular formula is C25H33N3O6S. The first-order valence-corrected chi connectivity index (χ1v) is 13.5. The number of anilines is 1. The van der Waals surface area contributed by atoms with Gasteiger partial charge in [0.25, 0.3) is 0 Å². The zero-order valence-corrected chi connectivity index (χ0v) is 21.4. The summed E-state index contributed by atoms with van der Waals surface area (Å²) >= 11 is 0. The number of hydrogen-bond donors (Lipinski definition) is 1. The van der Waals surface area contributed by atoms with Gasteiger partial charge in [-0.3, -0.25) is 13.9 Å². The summed E-state index contributed by atoms with van der Waals surface area (Å²) in [5.41, 5.74) is 1.12. The standard InChI is InChI=1S/C25H33N3O6S/c1-5-21(25(30)26-18(2)3)27(16-19-9-7-6-8-10-19)24(29)17-28(35(4,31)32)20-11-12-22-23(15-20)34-14-13-33-22/h6-12,15,18,21H,5,13-14,16-17H2,1-4H3,(H,26,30)/t21-/m0/s1. The summed E-state index contributed by atoms with van der Waals surface area (Å²) in [6.07, 6.45) is 1.42. The van der Waals surface area contributed by atoms with Crippen LogP contribution in [0.25, 0.3) is 0 Å². The molecule has 10 heteroatoms. The van der Waals surface area contributed by atoms with Crippen molar-refractivity contribution in [3.05, 3.63) is 54.1 Å².